The van der Waals surface area contributed by atoms with Crippen LogP contribution >= 0.6 is 0 Å². The van der Waals surface area contributed by atoms with Crippen molar-refractivity contribution in [2.24, 2.45) is 5.92 Å². The first-order chi connectivity index (χ1) is 13.2. The number of rotatable bonds is 5. The molecule has 0 aromatic heterocycles. The lowest BCUT2D eigenvalue weighted by Crippen LogP contribution is -2.53. The molecule has 1 aliphatic carbocycles. The third-order valence-corrected chi connectivity index (χ3v) is 7.15. The fourth-order valence-electron chi connectivity index (χ4n) is 5.37. The van der Waals surface area contributed by atoms with Crippen LogP contribution in [0.1, 0.15) is 69.8 Å². The number of likely N-dealkylation sites (tertiary alicyclic amines) is 2. The van der Waals surface area contributed by atoms with Crippen LogP contribution in [-0.2, 0) is 16.1 Å². The largest absolute Gasteiger partial charge is 0.343 e. The van der Waals surface area contributed by atoms with Crippen LogP contribution in [0, 0.1) is 5.92 Å². The smallest absolute Gasteiger partial charge is 0.223 e. The Morgan fingerprint density at radius 3 is 2.44 bits per heavy atom. The van der Waals surface area contributed by atoms with E-state index in [0.717, 1.165) is 44.7 Å². The summed E-state index contributed by atoms with van der Waals surface area (Å²) in [6.07, 6.45) is 10.6. The van der Waals surface area contributed by atoms with E-state index in [9.17, 15) is 9.59 Å². The molecule has 1 aromatic carbocycles. The fraction of sp³-hybridized carbons (Fsp3) is 0.652. The summed E-state index contributed by atoms with van der Waals surface area (Å²) in [5, 5.41) is 0. The Morgan fingerprint density at radius 2 is 1.74 bits per heavy atom. The number of benzene rings is 1. The lowest BCUT2D eigenvalue weighted by molar-refractivity contribution is -0.137. The van der Waals surface area contributed by atoms with Gasteiger partial charge in [-0.15, -0.1) is 0 Å². The van der Waals surface area contributed by atoms with Crippen molar-refractivity contribution in [1.82, 2.24) is 9.80 Å². The van der Waals surface area contributed by atoms with E-state index >= 15 is 0 Å². The molecule has 1 aromatic rings. The van der Waals surface area contributed by atoms with Crippen LogP contribution in [0.2, 0.25) is 0 Å². The minimum absolute atomic E-state index is 0.0326. The van der Waals surface area contributed by atoms with Crippen molar-refractivity contribution in [3.63, 3.8) is 0 Å². The number of hydrogen-bond acceptors (Lipinski definition) is 2. The van der Waals surface area contributed by atoms with E-state index in [4.69, 9.17) is 0 Å². The predicted molar refractivity (Wildman–Crippen MR) is 106 cm³/mol. The molecule has 0 unspecified atom stereocenters. The van der Waals surface area contributed by atoms with Crippen molar-refractivity contribution < 1.29 is 9.59 Å². The lowest BCUT2D eigenvalue weighted by Gasteiger charge is -2.45. The van der Waals surface area contributed by atoms with E-state index in [2.05, 4.69) is 21.9 Å². The molecule has 2 amide bonds. The molecule has 2 aliphatic heterocycles. The molecule has 0 atom stereocenters. The summed E-state index contributed by atoms with van der Waals surface area (Å²) in [4.78, 5) is 29.4. The molecule has 146 valence electrons. The average Bonchev–Trinajstić information content (AvgIpc) is 3.32. The SMILES string of the molecule is O=C(CCC1CCCC1)N1CCC2(CCC(=O)N2Cc2ccccc2)CC1. The highest BCUT2D eigenvalue weighted by Gasteiger charge is 2.47. The number of hydrogen-bond donors (Lipinski definition) is 0. The van der Waals surface area contributed by atoms with Crippen LogP contribution in [0.4, 0.5) is 0 Å². The van der Waals surface area contributed by atoms with E-state index in [1.807, 2.05) is 18.2 Å². The zero-order valence-corrected chi connectivity index (χ0v) is 16.4. The van der Waals surface area contributed by atoms with Gasteiger partial charge in [-0.3, -0.25) is 9.59 Å². The Morgan fingerprint density at radius 1 is 1.04 bits per heavy atom. The Balaban J connectivity index is 1.33. The van der Waals surface area contributed by atoms with Gasteiger partial charge in [0.05, 0.1) is 0 Å². The molecular weight excluding hydrogens is 336 g/mol. The van der Waals surface area contributed by atoms with Crippen molar-refractivity contribution in [1.29, 1.82) is 0 Å². The molecule has 2 saturated heterocycles. The molecule has 1 spiro atoms. The summed E-state index contributed by atoms with van der Waals surface area (Å²) in [6, 6.07) is 10.3. The van der Waals surface area contributed by atoms with E-state index in [1.54, 1.807) is 0 Å². The van der Waals surface area contributed by atoms with E-state index in [0.29, 0.717) is 25.3 Å². The number of amides is 2. The third-order valence-electron chi connectivity index (χ3n) is 7.15. The van der Waals surface area contributed by atoms with Gasteiger partial charge in [-0.25, -0.2) is 0 Å². The molecule has 4 heteroatoms. The van der Waals surface area contributed by atoms with Crippen LogP contribution in [0.25, 0.3) is 0 Å². The summed E-state index contributed by atoms with van der Waals surface area (Å²) in [5.74, 6) is 1.38. The van der Waals surface area contributed by atoms with Gasteiger partial charge < -0.3 is 9.80 Å². The summed E-state index contributed by atoms with van der Waals surface area (Å²) >= 11 is 0. The van der Waals surface area contributed by atoms with Gasteiger partial charge in [0, 0.05) is 38.0 Å². The molecule has 2 heterocycles. The molecule has 4 nitrogen and oxygen atoms in total. The van der Waals surface area contributed by atoms with E-state index < -0.39 is 0 Å². The van der Waals surface area contributed by atoms with Crippen LogP contribution in [-0.4, -0.2) is 40.2 Å². The fourth-order valence-corrected chi connectivity index (χ4v) is 5.37. The normalized spacial score (nSPS) is 22.7. The van der Waals surface area contributed by atoms with Crippen molar-refractivity contribution in [3.8, 4) is 0 Å². The first-order valence-corrected chi connectivity index (χ1v) is 10.8. The average molecular weight is 369 g/mol. The molecule has 0 radical (unpaired) electrons. The molecule has 1 saturated carbocycles. The molecule has 3 fully saturated rings. The van der Waals surface area contributed by atoms with Gasteiger partial charge in [0.1, 0.15) is 0 Å². The van der Waals surface area contributed by atoms with E-state index in [-0.39, 0.29) is 11.4 Å². The standard InChI is InChI=1S/C23H32N2O2/c26-21(11-10-19-6-4-5-7-19)24-16-14-23(15-17-24)13-12-22(27)25(23)18-20-8-2-1-3-9-20/h1-3,8-9,19H,4-7,10-18H2. The quantitative estimate of drug-likeness (QED) is 0.784. The minimum atomic E-state index is -0.0326. The van der Waals surface area contributed by atoms with Crippen LogP contribution in [0.15, 0.2) is 30.3 Å². The van der Waals surface area contributed by atoms with Crippen molar-refractivity contribution >= 4 is 11.8 Å². The molecule has 27 heavy (non-hydrogen) atoms. The van der Waals surface area contributed by atoms with Gasteiger partial charge in [-0.1, -0.05) is 56.0 Å². The van der Waals surface area contributed by atoms with Crippen molar-refractivity contribution in [2.75, 3.05) is 13.1 Å². The highest BCUT2D eigenvalue weighted by atomic mass is 16.2. The maximum Gasteiger partial charge on any atom is 0.223 e. The number of nitrogens with zero attached hydrogens (tertiary/aromatic N) is 2. The molecule has 4 rings (SSSR count). The minimum Gasteiger partial charge on any atom is -0.343 e. The van der Waals surface area contributed by atoms with Gasteiger partial charge in [-0.05, 0) is 37.2 Å². The zero-order chi connectivity index (χ0) is 18.7. The van der Waals surface area contributed by atoms with E-state index in [1.165, 1.54) is 31.2 Å². The first kappa shape index (κ1) is 18.5. The van der Waals surface area contributed by atoms with Crippen LogP contribution in [0.5, 0.6) is 0 Å². The Hall–Kier alpha value is -1.84. The van der Waals surface area contributed by atoms with Crippen molar-refractivity contribution in [3.05, 3.63) is 35.9 Å². The van der Waals surface area contributed by atoms with Gasteiger partial charge in [-0.2, -0.15) is 0 Å². The highest BCUT2D eigenvalue weighted by Crippen LogP contribution is 2.40. The number of piperidine rings is 1. The Labute approximate surface area is 162 Å². The number of carbonyl (C=O) groups is 2. The van der Waals surface area contributed by atoms with Crippen molar-refractivity contribution in [2.45, 2.75) is 76.3 Å². The molecule has 0 bridgehead atoms. The Bertz CT molecular complexity index is 658. The second kappa shape index (κ2) is 8.04. The summed E-state index contributed by atoms with van der Waals surface area (Å²) < 4.78 is 0. The maximum absolute atomic E-state index is 12.6. The summed E-state index contributed by atoms with van der Waals surface area (Å²) in [7, 11) is 0. The highest BCUT2D eigenvalue weighted by molar-refractivity contribution is 5.80. The summed E-state index contributed by atoms with van der Waals surface area (Å²) in [5.41, 5.74) is 1.16. The van der Waals surface area contributed by atoms with Gasteiger partial charge >= 0.3 is 0 Å². The van der Waals surface area contributed by atoms with Gasteiger partial charge in [0.2, 0.25) is 11.8 Å². The third kappa shape index (κ3) is 4.04. The monoisotopic (exact) mass is 368 g/mol. The van der Waals surface area contributed by atoms with Gasteiger partial charge in [0.15, 0.2) is 0 Å². The second-order valence-electron chi connectivity index (χ2n) is 8.76. The topological polar surface area (TPSA) is 40.6 Å². The summed E-state index contributed by atoms with van der Waals surface area (Å²) in [6.45, 7) is 2.32. The lowest BCUT2D eigenvalue weighted by atomic mass is 9.84. The van der Waals surface area contributed by atoms with Gasteiger partial charge in [0.25, 0.3) is 0 Å². The molecule has 0 N–H and O–H groups in total. The zero-order valence-electron chi connectivity index (χ0n) is 16.4. The molecule has 3 aliphatic rings. The maximum atomic E-state index is 12.6. The first-order valence-electron chi connectivity index (χ1n) is 10.8. The number of carbonyl (C=O) groups excluding carboxylic acids is 2. The Kier molecular flexibility index (Phi) is 5.51. The van der Waals surface area contributed by atoms with Crippen LogP contribution in [0.3, 0.4) is 0 Å². The predicted octanol–water partition coefficient (Wildman–Crippen LogP) is 4.14. The molecular formula is C23H32N2O2. The van der Waals surface area contributed by atoms with Crippen LogP contribution < -0.4 is 0 Å². The second-order valence-corrected chi connectivity index (χ2v) is 8.76.